The molecule has 0 spiro atoms. The third-order valence-electron chi connectivity index (χ3n) is 3.25. The van der Waals surface area contributed by atoms with Gasteiger partial charge in [0.2, 0.25) is 0 Å². The maximum Gasteiger partial charge on any atom is 0.270 e. The summed E-state index contributed by atoms with van der Waals surface area (Å²) in [6.45, 7) is 5.07. The molecule has 1 aromatic carbocycles. The minimum absolute atomic E-state index is 0.0245. The van der Waals surface area contributed by atoms with Crippen molar-refractivity contribution in [2.75, 3.05) is 13.1 Å². The molecule has 2 rings (SSSR count). The molecule has 0 unspecified atom stereocenters. The molecule has 1 saturated heterocycles. The Kier molecular flexibility index (Phi) is 5.04. The van der Waals surface area contributed by atoms with Crippen molar-refractivity contribution in [2.24, 2.45) is 0 Å². The molecule has 0 aliphatic carbocycles. The maximum absolute atomic E-state index is 12.2. The number of thiocarbonyl (C=S) groups is 1. The molecule has 0 bridgehead atoms. The molecule has 2 atom stereocenters. The van der Waals surface area contributed by atoms with Crippen molar-refractivity contribution in [3.63, 3.8) is 0 Å². The van der Waals surface area contributed by atoms with E-state index in [1.807, 2.05) is 18.7 Å². The van der Waals surface area contributed by atoms with Gasteiger partial charge in [0, 0.05) is 30.8 Å². The Morgan fingerprint density at radius 1 is 1.41 bits per heavy atom. The molecule has 1 aromatic rings. The zero-order valence-electron chi connectivity index (χ0n) is 12.3. The Bertz CT molecular complexity index is 598. The van der Waals surface area contributed by atoms with Crippen LogP contribution in [0.25, 0.3) is 0 Å². The number of amides is 1. The quantitative estimate of drug-likeness (QED) is 0.507. The number of carbonyl (C=O) groups excluding carboxylic acids is 1. The minimum Gasteiger partial charge on any atom is -0.372 e. The number of hydrogen-bond donors (Lipinski definition) is 1. The fourth-order valence-electron chi connectivity index (χ4n) is 2.35. The van der Waals surface area contributed by atoms with Crippen LogP contribution in [-0.2, 0) is 4.74 Å². The molecule has 1 heterocycles. The monoisotopic (exact) mass is 323 g/mol. The van der Waals surface area contributed by atoms with Crippen LogP contribution in [-0.4, -0.2) is 46.1 Å². The second-order valence-electron chi connectivity index (χ2n) is 5.23. The fraction of sp³-hybridized carbons (Fsp3) is 0.429. The zero-order valence-corrected chi connectivity index (χ0v) is 13.1. The smallest absolute Gasteiger partial charge is 0.270 e. The summed E-state index contributed by atoms with van der Waals surface area (Å²) < 4.78 is 5.61. The van der Waals surface area contributed by atoms with E-state index in [1.54, 1.807) is 0 Å². The van der Waals surface area contributed by atoms with E-state index in [1.165, 1.54) is 24.3 Å². The molecule has 1 aliphatic heterocycles. The van der Waals surface area contributed by atoms with Crippen LogP contribution in [0, 0.1) is 10.1 Å². The van der Waals surface area contributed by atoms with Crippen LogP contribution < -0.4 is 5.32 Å². The molecule has 22 heavy (non-hydrogen) atoms. The lowest BCUT2D eigenvalue weighted by molar-refractivity contribution is -0.384. The topological polar surface area (TPSA) is 84.7 Å². The third kappa shape index (κ3) is 3.99. The van der Waals surface area contributed by atoms with E-state index in [0.29, 0.717) is 18.2 Å². The molecular weight excluding hydrogens is 306 g/mol. The van der Waals surface area contributed by atoms with Gasteiger partial charge < -0.3 is 9.64 Å². The number of nitro groups is 1. The molecule has 118 valence electrons. The first-order valence-electron chi connectivity index (χ1n) is 6.87. The Balaban J connectivity index is 2.03. The zero-order chi connectivity index (χ0) is 16.3. The van der Waals surface area contributed by atoms with Crippen molar-refractivity contribution in [2.45, 2.75) is 26.1 Å². The van der Waals surface area contributed by atoms with Crippen molar-refractivity contribution < 1.29 is 14.5 Å². The summed E-state index contributed by atoms with van der Waals surface area (Å²) in [7, 11) is 0. The van der Waals surface area contributed by atoms with Gasteiger partial charge in [-0.1, -0.05) is 6.07 Å². The number of non-ortho nitro benzene ring substituents is 1. The number of carbonyl (C=O) groups is 1. The largest absolute Gasteiger partial charge is 0.372 e. The van der Waals surface area contributed by atoms with E-state index >= 15 is 0 Å². The van der Waals surface area contributed by atoms with E-state index in [9.17, 15) is 14.9 Å². The number of nitrogens with zero attached hydrogens (tertiary/aromatic N) is 2. The lowest BCUT2D eigenvalue weighted by atomic mass is 10.2. The first-order chi connectivity index (χ1) is 10.4. The van der Waals surface area contributed by atoms with Crippen molar-refractivity contribution in [3.05, 3.63) is 39.9 Å². The van der Waals surface area contributed by atoms with Crippen LogP contribution >= 0.6 is 12.2 Å². The van der Waals surface area contributed by atoms with Crippen LogP contribution in [0.2, 0.25) is 0 Å². The van der Waals surface area contributed by atoms with Crippen LogP contribution in [0.15, 0.2) is 24.3 Å². The lowest BCUT2D eigenvalue weighted by Gasteiger charge is -2.36. The van der Waals surface area contributed by atoms with E-state index < -0.39 is 10.8 Å². The average molecular weight is 323 g/mol. The van der Waals surface area contributed by atoms with Crippen molar-refractivity contribution in [3.8, 4) is 0 Å². The standard InChI is InChI=1S/C14H17N3O4S/c1-9-7-16(8-10(2)21-9)14(22)15-13(18)11-4-3-5-12(6-11)17(19)20/h3-6,9-10H,7-8H2,1-2H3,(H,15,18,22)/t9-,10-/m0/s1. The minimum atomic E-state index is -0.541. The lowest BCUT2D eigenvalue weighted by Crippen LogP contribution is -2.52. The molecule has 1 fully saturated rings. The Morgan fingerprint density at radius 3 is 2.64 bits per heavy atom. The predicted octanol–water partition coefficient (Wildman–Crippen LogP) is 1.72. The average Bonchev–Trinajstić information content (AvgIpc) is 2.46. The van der Waals surface area contributed by atoms with Crippen LogP contribution in [0.3, 0.4) is 0 Å². The van der Waals surface area contributed by atoms with Crippen LogP contribution in [0.1, 0.15) is 24.2 Å². The number of hydrogen-bond acceptors (Lipinski definition) is 5. The highest BCUT2D eigenvalue weighted by atomic mass is 32.1. The van der Waals surface area contributed by atoms with E-state index in [2.05, 4.69) is 5.32 Å². The van der Waals surface area contributed by atoms with Gasteiger partial charge in [-0.3, -0.25) is 20.2 Å². The van der Waals surface area contributed by atoms with E-state index in [-0.39, 0.29) is 23.5 Å². The van der Waals surface area contributed by atoms with Crippen LogP contribution in [0.5, 0.6) is 0 Å². The van der Waals surface area contributed by atoms with Gasteiger partial charge >= 0.3 is 0 Å². The summed E-state index contributed by atoms with van der Waals surface area (Å²) in [6.07, 6.45) is 0.0489. The Labute approximate surface area is 133 Å². The molecule has 0 radical (unpaired) electrons. The summed E-state index contributed by atoms with van der Waals surface area (Å²) in [5.41, 5.74) is 0.0677. The Hall–Kier alpha value is -2.06. The molecule has 7 nitrogen and oxygen atoms in total. The van der Waals surface area contributed by atoms with Gasteiger partial charge in [0.05, 0.1) is 17.1 Å². The predicted molar refractivity (Wildman–Crippen MR) is 84.7 cm³/mol. The summed E-state index contributed by atoms with van der Waals surface area (Å²) in [6, 6.07) is 5.54. The first kappa shape index (κ1) is 16.3. The van der Waals surface area contributed by atoms with Gasteiger partial charge in [-0.2, -0.15) is 0 Å². The number of rotatable bonds is 2. The normalized spacial score (nSPS) is 21.3. The second kappa shape index (κ2) is 6.80. The summed E-state index contributed by atoms with van der Waals surface area (Å²) in [4.78, 5) is 24.2. The van der Waals surface area contributed by atoms with Crippen LogP contribution in [0.4, 0.5) is 5.69 Å². The summed E-state index contributed by atoms with van der Waals surface area (Å²) >= 11 is 5.25. The van der Waals surface area contributed by atoms with E-state index in [0.717, 1.165) is 0 Å². The van der Waals surface area contributed by atoms with Gasteiger partial charge in [-0.15, -0.1) is 0 Å². The van der Waals surface area contributed by atoms with Gasteiger partial charge in [-0.05, 0) is 32.1 Å². The molecule has 8 heteroatoms. The fourth-order valence-corrected chi connectivity index (χ4v) is 2.59. The van der Waals surface area contributed by atoms with Crippen molar-refractivity contribution >= 4 is 28.9 Å². The van der Waals surface area contributed by atoms with Gasteiger partial charge in [0.15, 0.2) is 5.11 Å². The summed E-state index contributed by atoms with van der Waals surface area (Å²) in [5.74, 6) is -0.458. The molecule has 1 N–H and O–H groups in total. The molecule has 0 saturated carbocycles. The highest BCUT2D eigenvalue weighted by Crippen LogP contribution is 2.14. The first-order valence-corrected chi connectivity index (χ1v) is 7.28. The number of ether oxygens (including phenoxy) is 1. The molecule has 0 aromatic heterocycles. The highest BCUT2D eigenvalue weighted by Gasteiger charge is 2.25. The van der Waals surface area contributed by atoms with Crippen molar-refractivity contribution in [1.29, 1.82) is 0 Å². The molecular formula is C14H17N3O4S. The van der Waals surface area contributed by atoms with Gasteiger partial charge in [0.1, 0.15) is 0 Å². The maximum atomic E-state index is 12.2. The number of nitrogens with one attached hydrogen (secondary N) is 1. The molecule has 1 amide bonds. The molecule has 1 aliphatic rings. The SMILES string of the molecule is C[C@H]1CN(C(=S)NC(=O)c2cccc([N+](=O)[O-])c2)C[C@H](C)O1. The van der Waals surface area contributed by atoms with Gasteiger partial charge in [-0.25, -0.2) is 0 Å². The van der Waals surface area contributed by atoms with Gasteiger partial charge in [0.25, 0.3) is 11.6 Å². The highest BCUT2D eigenvalue weighted by molar-refractivity contribution is 7.80. The third-order valence-corrected chi connectivity index (χ3v) is 3.61. The second-order valence-corrected chi connectivity index (χ2v) is 5.62. The number of morpholine rings is 1. The number of nitro benzene ring substituents is 1. The van der Waals surface area contributed by atoms with Crippen molar-refractivity contribution in [1.82, 2.24) is 10.2 Å². The summed E-state index contributed by atoms with van der Waals surface area (Å²) in [5, 5.41) is 13.7. The Morgan fingerprint density at radius 2 is 2.05 bits per heavy atom. The number of benzene rings is 1. The van der Waals surface area contributed by atoms with E-state index in [4.69, 9.17) is 17.0 Å².